The molecular weight excluding hydrogens is 845 g/mol. The van der Waals surface area contributed by atoms with Gasteiger partial charge in [0, 0.05) is 54.6 Å². The van der Waals surface area contributed by atoms with Crippen LogP contribution < -0.4 is 0 Å². The molecule has 6 heteroatoms. The molecule has 0 bridgehead atoms. The molecule has 4 aromatic heterocycles. The summed E-state index contributed by atoms with van der Waals surface area (Å²) in [6.45, 7) is 2.30. The van der Waals surface area contributed by atoms with Gasteiger partial charge in [0.2, 0.25) is 0 Å². The Balaban J connectivity index is 1.11. The van der Waals surface area contributed by atoms with E-state index in [0.717, 1.165) is 105 Å². The highest BCUT2D eigenvalue weighted by atomic mass is 16.3. The zero-order valence-corrected chi connectivity index (χ0v) is 37.5. The summed E-state index contributed by atoms with van der Waals surface area (Å²) in [6.07, 6.45) is 3.03. The third kappa shape index (κ3) is 5.48. The van der Waals surface area contributed by atoms with E-state index in [-0.39, 0.29) is 5.92 Å². The van der Waals surface area contributed by atoms with Crippen LogP contribution in [-0.2, 0) is 0 Å². The number of fused-ring (bicyclic) bond motifs is 15. The number of para-hydroxylation sites is 6. The van der Waals surface area contributed by atoms with Crippen molar-refractivity contribution in [3.8, 4) is 5.69 Å². The number of allylic oxidation sites excluding steroid dienone is 1. The fraction of sp³-hybridized carbons (Fsp3) is 0.0476. The van der Waals surface area contributed by atoms with Crippen molar-refractivity contribution >= 4 is 126 Å². The first-order valence-electron chi connectivity index (χ1n) is 23.7. The van der Waals surface area contributed by atoms with Crippen LogP contribution in [0.3, 0.4) is 0 Å². The molecule has 0 spiro atoms. The maximum atomic E-state index is 6.99. The van der Waals surface area contributed by atoms with Crippen LogP contribution in [0.15, 0.2) is 225 Å². The molecular formula is C63H40N4O2. The van der Waals surface area contributed by atoms with E-state index in [1.807, 2.05) is 12.1 Å². The van der Waals surface area contributed by atoms with Crippen LogP contribution >= 0.6 is 0 Å². The molecule has 0 amide bonds. The number of aromatic nitrogens is 2. The van der Waals surface area contributed by atoms with E-state index in [1.54, 1.807) is 0 Å². The lowest BCUT2D eigenvalue weighted by molar-refractivity contribution is 0.668. The summed E-state index contributed by atoms with van der Waals surface area (Å²) in [5.74, 6) is 1.47. The minimum atomic E-state index is -0.0348. The van der Waals surface area contributed by atoms with Crippen molar-refractivity contribution in [2.45, 2.75) is 13.3 Å². The third-order valence-electron chi connectivity index (χ3n) is 14.5. The first-order chi connectivity index (χ1) is 34.2. The van der Waals surface area contributed by atoms with E-state index >= 15 is 0 Å². The van der Waals surface area contributed by atoms with E-state index in [0.29, 0.717) is 12.3 Å². The number of aliphatic imine (C=N–C) groups is 2. The summed E-state index contributed by atoms with van der Waals surface area (Å²) in [4.78, 5) is 11.8. The van der Waals surface area contributed by atoms with Gasteiger partial charge in [-0.05, 0) is 71.1 Å². The average molecular weight is 885 g/mol. The van der Waals surface area contributed by atoms with Crippen molar-refractivity contribution in [3.63, 3.8) is 0 Å². The summed E-state index contributed by atoms with van der Waals surface area (Å²) in [6, 6.07) is 71.2. The second-order valence-corrected chi connectivity index (χ2v) is 18.4. The van der Waals surface area contributed by atoms with Crippen molar-refractivity contribution in [2.24, 2.45) is 15.9 Å². The summed E-state index contributed by atoms with van der Waals surface area (Å²) in [5.41, 5.74) is 11.4. The van der Waals surface area contributed by atoms with Gasteiger partial charge in [0.25, 0.3) is 0 Å². The average Bonchev–Trinajstić information content (AvgIpc) is 4.15. The van der Waals surface area contributed by atoms with Crippen LogP contribution in [0.25, 0.3) is 120 Å². The molecule has 0 saturated heterocycles. The third-order valence-corrected chi connectivity index (χ3v) is 14.5. The molecule has 1 aliphatic rings. The van der Waals surface area contributed by atoms with E-state index in [4.69, 9.17) is 18.8 Å². The summed E-state index contributed by atoms with van der Waals surface area (Å²) < 4.78 is 18.7. The van der Waals surface area contributed by atoms with E-state index in [9.17, 15) is 0 Å². The second-order valence-electron chi connectivity index (χ2n) is 18.4. The van der Waals surface area contributed by atoms with Crippen LogP contribution in [0.5, 0.6) is 0 Å². The second kappa shape index (κ2) is 14.5. The molecule has 1 unspecified atom stereocenters. The van der Waals surface area contributed by atoms with Gasteiger partial charge in [-0.15, -0.1) is 0 Å². The van der Waals surface area contributed by atoms with Crippen molar-refractivity contribution < 1.29 is 8.83 Å². The minimum Gasteiger partial charge on any atom is -0.455 e. The number of hydrogen-bond donors (Lipinski definition) is 0. The minimum absolute atomic E-state index is 0.0348. The number of rotatable bonds is 3. The topological polar surface area (TPSA) is 60.9 Å². The lowest BCUT2D eigenvalue weighted by Gasteiger charge is -2.23. The number of furan rings is 2. The number of nitrogens with zero attached hydrogens (tertiary/aromatic N) is 4. The van der Waals surface area contributed by atoms with Crippen LogP contribution in [-0.4, -0.2) is 20.8 Å². The zero-order valence-electron chi connectivity index (χ0n) is 37.5. The number of amidine groups is 1. The van der Waals surface area contributed by atoms with Crippen LogP contribution in [0.1, 0.15) is 24.5 Å². The Morgan fingerprint density at radius 1 is 0.435 bits per heavy atom. The van der Waals surface area contributed by atoms with Gasteiger partial charge in [-0.25, -0.2) is 9.98 Å². The highest BCUT2D eigenvalue weighted by Gasteiger charge is 2.29. The van der Waals surface area contributed by atoms with Gasteiger partial charge in [-0.1, -0.05) is 165 Å². The van der Waals surface area contributed by atoms with Crippen molar-refractivity contribution in [1.82, 2.24) is 9.13 Å². The first kappa shape index (κ1) is 38.1. The van der Waals surface area contributed by atoms with Gasteiger partial charge in [-0.2, -0.15) is 0 Å². The Labute approximate surface area is 394 Å². The Morgan fingerprint density at radius 2 is 0.957 bits per heavy atom. The van der Waals surface area contributed by atoms with Gasteiger partial charge < -0.3 is 13.4 Å². The van der Waals surface area contributed by atoms with Crippen LogP contribution in [0.4, 0.5) is 0 Å². The molecule has 1 atom stereocenters. The van der Waals surface area contributed by atoms with Gasteiger partial charge in [0.1, 0.15) is 28.2 Å². The molecule has 0 N–H and O–H groups in total. The fourth-order valence-corrected chi connectivity index (χ4v) is 11.4. The largest absolute Gasteiger partial charge is 0.455 e. The molecule has 10 aromatic carbocycles. The fourth-order valence-electron chi connectivity index (χ4n) is 11.4. The summed E-state index contributed by atoms with van der Waals surface area (Å²) in [7, 11) is 0. The number of hydrogen-bond acceptors (Lipinski definition) is 4. The summed E-state index contributed by atoms with van der Waals surface area (Å²) in [5, 5.41) is 13.4. The Hall–Kier alpha value is -9.00. The smallest absolute Gasteiger partial charge is 0.165 e. The molecule has 0 saturated carbocycles. The quantitative estimate of drug-likeness (QED) is 0.177. The van der Waals surface area contributed by atoms with Crippen molar-refractivity contribution in [3.05, 3.63) is 217 Å². The molecule has 324 valence electrons. The van der Waals surface area contributed by atoms with Crippen LogP contribution in [0.2, 0.25) is 0 Å². The molecule has 0 aliphatic carbocycles. The van der Waals surface area contributed by atoms with E-state index < -0.39 is 0 Å². The molecule has 6 nitrogen and oxygen atoms in total. The number of benzene rings is 10. The van der Waals surface area contributed by atoms with Gasteiger partial charge in [0.15, 0.2) is 5.84 Å². The predicted molar refractivity (Wildman–Crippen MR) is 287 cm³/mol. The first-order valence-corrected chi connectivity index (χ1v) is 23.7. The SMILES string of the molecule is CC1C/C=C(c2c(-n3c4ccccc4c4cc5ccccc5cc43)c3c4ccccc4oc3c3ccccc23)/N=C(c2cccc3c2oc2ccccc23)\N=C/1n1c2ccccc2c2ccccc21. The Morgan fingerprint density at radius 3 is 1.68 bits per heavy atom. The van der Waals surface area contributed by atoms with Gasteiger partial charge in [0.05, 0.1) is 44.4 Å². The Kier molecular flexibility index (Phi) is 8.01. The standard InChI is InChI=1S/C63H40N4O2/c1-37-33-34-50(64-62(48-27-16-26-45-43-22-9-14-31-55(43)68-60(45)48)65-63(37)67-52-29-12-6-19-40(52)41-20-7-13-30-53(41)67)57-44-23-4-5-24-46(44)61-58(47-25-10-15-32-56(47)69-61)59(57)66-51-28-11-8-21-42(51)49-35-38-17-2-3-18-39(38)36-54(49)66/h2-32,34-37H,33H2,1H3/b50-34+,64-62-,65-63+. The van der Waals surface area contributed by atoms with Crippen LogP contribution in [0, 0.1) is 5.92 Å². The normalized spacial score (nSPS) is 17.1. The predicted octanol–water partition coefficient (Wildman–Crippen LogP) is 16.8. The monoisotopic (exact) mass is 884 g/mol. The van der Waals surface area contributed by atoms with Gasteiger partial charge in [-0.3, -0.25) is 4.57 Å². The molecule has 14 aromatic rings. The van der Waals surface area contributed by atoms with E-state index in [1.165, 1.54) is 32.3 Å². The molecule has 5 heterocycles. The maximum absolute atomic E-state index is 6.99. The zero-order chi connectivity index (χ0) is 45.3. The molecule has 0 radical (unpaired) electrons. The molecule has 1 aliphatic heterocycles. The lowest BCUT2D eigenvalue weighted by Crippen LogP contribution is -2.23. The Bertz CT molecular complexity index is 4560. The molecule has 0 fully saturated rings. The van der Waals surface area contributed by atoms with Crippen molar-refractivity contribution in [2.75, 3.05) is 0 Å². The summed E-state index contributed by atoms with van der Waals surface area (Å²) >= 11 is 0. The molecule has 69 heavy (non-hydrogen) atoms. The maximum Gasteiger partial charge on any atom is 0.165 e. The van der Waals surface area contributed by atoms with E-state index in [2.05, 4.69) is 210 Å². The van der Waals surface area contributed by atoms with Gasteiger partial charge >= 0.3 is 0 Å². The van der Waals surface area contributed by atoms with Crippen molar-refractivity contribution in [1.29, 1.82) is 0 Å². The highest BCUT2D eigenvalue weighted by molar-refractivity contribution is 6.26. The highest BCUT2D eigenvalue weighted by Crippen LogP contribution is 2.48. The molecule has 15 rings (SSSR count). The lowest BCUT2D eigenvalue weighted by atomic mass is 9.93.